The lowest BCUT2D eigenvalue weighted by molar-refractivity contribution is -0.00428. The Morgan fingerprint density at radius 2 is 1.78 bits per heavy atom. The van der Waals surface area contributed by atoms with E-state index < -0.39 is 10.1 Å². The Labute approximate surface area is 108 Å². The van der Waals surface area contributed by atoms with Gasteiger partial charge in [0.1, 0.15) is 0 Å². The molecule has 0 amide bonds. The average Bonchev–Trinajstić information content (AvgIpc) is 2.41. The van der Waals surface area contributed by atoms with Crippen molar-refractivity contribution in [1.82, 2.24) is 4.90 Å². The second kappa shape index (κ2) is 4.64. The summed E-state index contributed by atoms with van der Waals surface area (Å²) in [7, 11) is -3.61. The topological polar surface area (TPSA) is 46.6 Å². The van der Waals surface area contributed by atoms with Crippen LogP contribution in [-0.4, -0.2) is 39.1 Å². The first kappa shape index (κ1) is 12.1. The number of piperidine rings is 3. The molecule has 2 bridgehead atoms. The van der Waals surface area contributed by atoms with E-state index in [1.165, 1.54) is 0 Å². The lowest BCUT2D eigenvalue weighted by atomic mass is 9.86. The minimum absolute atomic E-state index is 0.169. The molecule has 0 N–H and O–H groups in total. The molecule has 4 rings (SSSR count). The molecule has 3 saturated heterocycles. The highest BCUT2D eigenvalue weighted by Gasteiger charge is 2.37. The van der Waals surface area contributed by atoms with Crippen LogP contribution in [0.3, 0.4) is 0 Å². The van der Waals surface area contributed by atoms with Gasteiger partial charge in [0.2, 0.25) is 0 Å². The molecule has 1 aromatic carbocycles. The predicted octanol–water partition coefficient (Wildman–Crippen LogP) is 1.49. The Morgan fingerprint density at radius 3 is 2.33 bits per heavy atom. The van der Waals surface area contributed by atoms with E-state index in [-0.39, 0.29) is 11.0 Å². The van der Waals surface area contributed by atoms with Gasteiger partial charge in [-0.15, -0.1) is 0 Å². The highest BCUT2D eigenvalue weighted by atomic mass is 32.2. The molecule has 0 spiro atoms. The van der Waals surface area contributed by atoms with Crippen LogP contribution in [0, 0.1) is 5.92 Å². The lowest BCUT2D eigenvalue weighted by Crippen LogP contribution is -2.51. The third-order valence-electron chi connectivity index (χ3n) is 3.88. The maximum Gasteiger partial charge on any atom is 0.297 e. The second-order valence-electron chi connectivity index (χ2n) is 5.04. The van der Waals surface area contributed by atoms with Crippen molar-refractivity contribution in [2.24, 2.45) is 5.92 Å². The van der Waals surface area contributed by atoms with Crippen molar-refractivity contribution in [3.8, 4) is 0 Å². The molecule has 0 radical (unpaired) electrons. The van der Waals surface area contributed by atoms with Crippen molar-refractivity contribution in [3.05, 3.63) is 30.3 Å². The molecule has 0 saturated carbocycles. The molecule has 98 valence electrons. The monoisotopic (exact) mass is 267 g/mol. The van der Waals surface area contributed by atoms with Crippen LogP contribution in [0.2, 0.25) is 0 Å². The van der Waals surface area contributed by atoms with E-state index in [9.17, 15) is 8.42 Å². The smallest absolute Gasteiger partial charge is 0.297 e. The predicted molar refractivity (Wildman–Crippen MR) is 67.7 cm³/mol. The molecule has 5 heteroatoms. The minimum atomic E-state index is -3.61. The molecule has 1 unspecified atom stereocenters. The van der Waals surface area contributed by atoms with Gasteiger partial charge >= 0.3 is 0 Å². The molecule has 4 nitrogen and oxygen atoms in total. The summed E-state index contributed by atoms with van der Waals surface area (Å²) >= 11 is 0. The highest BCUT2D eigenvalue weighted by molar-refractivity contribution is 7.86. The summed E-state index contributed by atoms with van der Waals surface area (Å²) in [6.45, 7) is 2.91. The fourth-order valence-electron chi connectivity index (χ4n) is 2.83. The summed E-state index contributed by atoms with van der Waals surface area (Å²) in [5.41, 5.74) is 0. The van der Waals surface area contributed by atoms with Crippen LogP contribution in [0.4, 0.5) is 0 Å². The Hall–Kier alpha value is -0.910. The van der Waals surface area contributed by atoms with Gasteiger partial charge in [0.25, 0.3) is 10.1 Å². The zero-order valence-corrected chi connectivity index (χ0v) is 11.0. The second-order valence-corrected chi connectivity index (χ2v) is 6.61. The van der Waals surface area contributed by atoms with E-state index in [1.54, 1.807) is 30.3 Å². The molecule has 18 heavy (non-hydrogen) atoms. The van der Waals surface area contributed by atoms with E-state index in [4.69, 9.17) is 4.18 Å². The number of hydrogen-bond acceptors (Lipinski definition) is 4. The third kappa shape index (κ3) is 2.30. The largest absolute Gasteiger partial charge is 0.301 e. The van der Waals surface area contributed by atoms with Crippen molar-refractivity contribution in [2.75, 3.05) is 19.6 Å². The number of rotatable bonds is 3. The summed E-state index contributed by atoms with van der Waals surface area (Å²) in [6.07, 6.45) is 1.93. The maximum absolute atomic E-state index is 12.1. The zero-order valence-electron chi connectivity index (χ0n) is 10.2. The van der Waals surface area contributed by atoms with Crippen molar-refractivity contribution >= 4 is 10.1 Å². The Balaban J connectivity index is 1.77. The standard InChI is InChI=1S/C13H17NO3S/c15-18(16,12-4-2-1-3-5-12)17-13-10-14-8-6-11(13)7-9-14/h1-5,11,13H,6-10H2. The van der Waals surface area contributed by atoms with E-state index in [2.05, 4.69) is 4.90 Å². The van der Waals surface area contributed by atoms with Gasteiger partial charge in [-0.1, -0.05) is 18.2 Å². The Bertz CT molecular complexity index is 506. The minimum Gasteiger partial charge on any atom is -0.301 e. The van der Waals surface area contributed by atoms with Gasteiger partial charge in [-0.3, -0.25) is 4.18 Å². The van der Waals surface area contributed by atoms with Crippen LogP contribution in [-0.2, 0) is 14.3 Å². The van der Waals surface area contributed by atoms with Crippen LogP contribution >= 0.6 is 0 Å². The highest BCUT2D eigenvalue weighted by Crippen LogP contribution is 2.31. The van der Waals surface area contributed by atoms with E-state index in [0.29, 0.717) is 5.92 Å². The van der Waals surface area contributed by atoms with Gasteiger partial charge in [-0.05, 0) is 44.0 Å². The van der Waals surface area contributed by atoms with Crippen molar-refractivity contribution in [3.63, 3.8) is 0 Å². The normalized spacial score (nSPS) is 31.4. The van der Waals surface area contributed by atoms with E-state index in [1.807, 2.05) is 0 Å². The Morgan fingerprint density at radius 1 is 1.11 bits per heavy atom. The molecule has 1 atom stereocenters. The lowest BCUT2D eigenvalue weighted by Gasteiger charge is -2.43. The van der Waals surface area contributed by atoms with Gasteiger partial charge in [0.15, 0.2) is 0 Å². The van der Waals surface area contributed by atoms with E-state index >= 15 is 0 Å². The van der Waals surface area contributed by atoms with Crippen molar-refractivity contribution in [1.29, 1.82) is 0 Å². The summed E-state index contributed by atoms with van der Waals surface area (Å²) in [5.74, 6) is 0.397. The SMILES string of the molecule is O=S(=O)(OC1CN2CCC1CC2)c1ccccc1. The first-order chi connectivity index (χ1) is 8.65. The van der Waals surface area contributed by atoms with Crippen LogP contribution in [0.25, 0.3) is 0 Å². The first-order valence-corrected chi connectivity index (χ1v) is 7.77. The fourth-order valence-corrected chi connectivity index (χ4v) is 3.97. The summed E-state index contributed by atoms with van der Waals surface area (Å²) < 4.78 is 29.7. The molecule has 3 fully saturated rings. The molecule has 3 aliphatic rings. The average molecular weight is 267 g/mol. The third-order valence-corrected chi connectivity index (χ3v) is 5.23. The maximum atomic E-state index is 12.1. The molecule has 0 aliphatic carbocycles. The molecular formula is C13H17NO3S. The molecule has 3 aliphatic heterocycles. The number of benzene rings is 1. The van der Waals surface area contributed by atoms with Gasteiger partial charge < -0.3 is 4.90 Å². The number of hydrogen-bond donors (Lipinski definition) is 0. The van der Waals surface area contributed by atoms with Crippen LogP contribution in [0.15, 0.2) is 35.2 Å². The van der Waals surface area contributed by atoms with Gasteiger partial charge in [-0.25, -0.2) is 0 Å². The number of nitrogens with zero attached hydrogens (tertiary/aromatic N) is 1. The quantitative estimate of drug-likeness (QED) is 0.778. The summed E-state index contributed by atoms with van der Waals surface area (Å²) in [4.78, 5) is 2.53. The Kier molecular flexibility index (Phi) is 3.13. The molecular weight excluding hydrogens is 250 g/mol. The fraction of sp³-hybridized carbons (Fsp3) is 0.538. The number of fused-ring (bicyclic) bond motifs is 3. The van der Waals surface area contributed by atoms with Gasteiger partial charge in [0, 0.05) is 6.54 Å². The first-order valence-electron chi connectivity index (χ1n) is 6.36. The molecule has 0 aromatic heterocycles. The molecule has 3 heterocycles. The van der Waals surface area contributed by atoms with E-state index in [0.717, 1.165) is 32.5 Å². The van der Waals surface area contributed by atoms with Crippen LogP contribution in [0.1, 0.15) is 12.8 Å². The molecule has 1 aromatic rings. The van der Waals surface area contributed by atoms with Crippen molar-refractivity contribution in [2.45, 2.75) is 23.8 Å². The zero-order chi connectivity index (χ0) is 12.6. The summed E-state index contributed by atoms with van der Waals surface area (Å²) in [5, 5.41) is 0. The van der Waals surface area contributed by atoms with Crippen molar-refractivity contribution < 1.29 is 12.6 Å². The van der Waals surface area contributed by atoms with Crippen LogP contribution < -0.4 is 0 Å². The summed E-state index contributed by atoms with van der Waals surface area (Å²) in [6, 6.07) is 8.39. The van der Waals surface area contributed by atoms with Gasteiger partial charge in [0.05, 0.1) is 11.0 Å². The van der Waals surface area contributed by atoms with Crippen LogP contribution in [0.5, 0.6) is 0 Å². The van der Waals surface area contributed by atoms with Gasteiger partial charge in [-0.2, -0.15) is 8.42 Å².